The van der Waals surface area contributed by atoms with E-state index in [-0.39, 0.29) is 18.4 Å². The smallest absolute Gasteiger partial charge is 0.247 e. The lowest BCUT2D eigenvalue weighted by atomic mass is 10.0. The van der Waals surface area contributed by atoms with Crippen LogP contribution >= 0.6 is 0 Å². The van der Waals surface area contributed by atoms with Crippen molar-refractivity contribution in [3.63, 3.8) is 0 Å². The lowest BCUT2D eigenvalue weighted by Gasteiger charge is -2.35. The van der Waals surface area contributed by atoms with Crippen LogP contribution in [0.15, 0.2) is 36.7 Å². The van der Waals surface area contributed by atoms with Crippen LogP contribution in [0, 0.1) is 0 Å². The number of benzene rings is 1. The second-order valence-corrected chi connectivity index (χ2v) is 4.78. The Bertz CT molecular complexity index is 678. The topological polar surface area (TPSA) is 62.3 Å². The molecule has 102 valence electrons. The second kappa shape index (κ2) is 4.92. The van der Waals surface area contributed by atoms with Gasteiger partial charge in [0.25, 0.3) is 0 Å². The molecular formula is C15H15N3O2. The third kappa shape index (κ3) is 1.91. The molecule has 1 atom stereocenters. The first-order valence-electron chi connectivity index (χ1n) is 6.65. The third-order valence-electron chi connectivity index (χ3n) is 3.60. The lowest BCUT2D eigenvalue weighted by Crippen LogP contribution is -2.58. The summed E-state index contributed by atoms with van der Waals surface area (Å²) in [4.78, 5) is 29.9. The fourth-order valence-corrected chi connectivity index (χ4v) is 2.63. The molecule has 1 aromatic carbocycles. The van der Waals surface area contributed by atoms with E-state index in [1.54, 1.807) is 17.3 Å². The highest BCUT2D eigenvalue weighted by atomic mass is 16.2. The summed E-state index contributed by atoms with van der Waals surface area (Å²) in [5.74, 6) is -0.194. The molecule has 1 N–H and O–H groups in total. The van der Waals surface area contributed by atoms with Gasteiger partial charge in [0.15, 0.2) is 0 Å². The van der Waals surface area contributed by atoms with Crippen LogP contribution in [0.5, 0.6) is 0 Å². The maximum absolute atomic E-state index is 12.2. The lowest BCUT2D eigenvalue weighted by molar-refractivity contribution is -0.131. The summed E-state index contributed by atoms with van der Waals surface area (Å²) in [6, 6.07) is 7.17. The minimum atomic E-state index is -0.456. The van der Waals surface area contributed by atoms with E-state index in [9.17, 15) is 9.59 Å². The van der Waals surface area contributed by atoms with Gasteiger partial charge in [-0.15, -0.1) is 0 Å². The van der Waals surface area contributed by atoms with Crippen molar-refractivity contribution in [3.05, 3.63) is 36.7 Å². The number of aromatic nitrogens is 1. The highest BCUT2D eigenvalue weighted by Gasteiger charge is 2.34. The van der Waals surface area contributed by atoms with Crippen molar-refractivity contribution >= 4 is 28.3 Å². The number of nitrogens with zero attached hydrogens (tertiary/aromatic N) is 2. The molecule has 20 heavy (non-hydrogen) atoms. The number of carbonyl (C=O) groups is 2. The maximum atomic E-state index is 12.2. The van der Waals surface area contributed by atoms with E-state index >= 15 is 0 Å². The quantitative estimate of drug-likeness (QED) is 0.898. The van der Waals surface area contributed by atoms with E-state index in [1.807, 2.05) is 31.2 Å². The van der Waals surface area contributed by atoms with E-state index in [4.69, 9.17) is 0 Å². The second-order valence-electron chi connectivity index (χ2n) is 4.78. The molecule has 5 nitrogen and oxygen atoms in total. The monoisotopic (exact) mass is 269 g/mol. The summed E-state index contributed by atoms with van der Waals surface area (Å²) in [6.07, 6.45) is 4.03. The van der Waals surface area contributed by atoms with Gasteiger partial charge in [0, 0.05) is 17.8 Å². The van der Waals surface area contributed by atoms with Gasteiger partial charge in [0.05, 0.1) is 12.2 Å². The van der Waals surface area contributed by atoms with Crippen LogP contribution in [0.3, 0.4) is 0 Å². The molecule has 1 aromatic heterocycles. The van der Waals surface area contributed by atoms with Crippen molar-refractivity contribution in [3.8, 4) is 0 Å². The molecule has 2 heterocycles. The number of rotatable bonds is 2. The SMILES string of the molecule is CCC1C(=O)NCC(=O)N1c1cccc2ccncc12. The summed E-state index contributed by atoms with van der Waals surface area (Å²) >= 11 is 0. The summed E-state index contributed by atoms with van der Waals surface area (Å²) in [5, 5.41) is 4.53. The summed E-state index contributed by atoms with van der Waals surface area (Å²) in [6.45, 7) is 1.95. The first-order valence-corrected chi connectivity index (χ1v) is 6.65. The van der Waals surface area contributed by atoms with Gasteiger partial charge in [-0.2, -0.15) is 0 Å². The van der Waals surface area contributed by atoms with Crippen LogP contribution in [0.2, 0.25) is 0 Å². The summed E-state index contributed by atoms with van der Waals surface area (Å²) < 4.78 is 0. The molecule has 0 bridgehead atoms. The molecule has 1 aliphatic heterocycles. The Balaban J connectivity index is 2.17. The molecule has 3 rings (SSSR count). The van der Waals surface area contributed by atoms with Crippen LogP contribution < -0.4 is 10.2 Å². The van der Waals surface area contributed by atoms with E-state index < -0.39 is 6.04 Å². The van der Waals surface area contributed by atoms with Crippen molar-refractivity contribution in [2.45, 2.75) is 19.4 Å². The first kappa shape index (κ1) is 12.6. The zero-order valence-corrected chi connectivity index (χ0v) is 11.2. The summed E-state index contributed by atoms with van der Waals surface area (Å²) in [5.41, 5.74) is 0.752. The van der Waals surface area contributed by atoms with E-state index in [0.29, 0.717) is 6.42 Å². The van der Waals surface area contributed by atoms with Gasteiger partial charge in [-0.05, 0) is 23.9 Å². The average molecular weight is 269 g/mol. The van der Waals surface area contributed by atoms with Gasteiger partial charge in [-0.3, -0.25) is 19.5 Å². The number of anilines is 1. The molecule has 0 saturated carbocycles. The molecule has 1 fully saturated rings. The fourth-order valence-electron chi connectivity index (χ4n) is 2.63. The van der Waals surface area contributed by atoms with Crippen molar-refractivity contribution < 1.29 is 9.59 Å². The number of nitrogens with one attached hydrogen (secondary N) is 1. The Hall–Kier alpha value is -2.43. The van der Waals surface area contributed by atoms with Crippen LogP contribution in [0.1, 0.15) is 13.3 Å². The van der Waals surface area contributed by atoms with Crippen LogP contribution in [-0.4, -0.2) is 29.4 Å². The standard InChI is InChI=1S/C15H15N3O2/c1-2-12-15(20)17-9-14(19)18(12)13-5-3-4-10-6-7-16-8-11(10)13/h3-8,12H,2,9H2,1H3,(H,17,20). The maximum Gasteiger partial charge on any atom is 0.247 e. The van der Waals surface area contributed by atoms with Crippen LogP contribution in [0.25, 0.3) is 10.8 Å². The molecule has 1 aliphatic rings. The normalized spacial score (nSPS) is 19.2. The van der Waals surface area contributed by atoms with Gasteiger partial charge in [-0.25, -0.2) is 0 Å². The Morgan fingerprint density at radius 1 is 1.35 bits per heavy atom. The number of piperazine rings is 1. The molecule has 0 spiro atoms. The van der Waals surface area contributed by atoms with Gasteiger partial charge in [-0.1, -0.05) is 19.1 Å². The molecule has 2 aromatic rings. The predicted molar refractivity (Wildman–Crippen MR) is 76.3 cm³/mol. The zero-order valence-electron chi connectivity index (χ0n) is 11.2. The highest BCUT2D eigenvalue weighted by molar-refractivity contribution is 6.11. The van der Waals surface area contributed by atoms with E-state index in [0.717, 1.165) is 16.5 Å². The molecule has 0 radical (unpaired) electrons. The van der Waals surface area contributed by atoms with Crippen molar-refractivity contribution in [2.75, 3.05) is 11.4 Å². The largest absolute Gasteiger partial charge is 0.345 e. The third-order valence-corrected chi connectivity index (χ3v) is 3.60. The number of fused-ring (bicyclic) bond motifs is 1. The average Bonchev–Trinajstić information content (AvgIpc) is 2.49. The van der Waals surface area contributed by atoms with Crippen LogP contribution in [-0.2, 0) is 9.59 Å². The zero-order chi connectivity index (χ0) is 14.1. The van der Waals surface area contributed by atoms with Crippen molar-refractivity contribution in [1.82, 2.24) is 10.3 Å². The van der Waals surface area contributed by atoms with Crippen molar-refractivity contribution in [2.24, 2.45) is 0 Å². The summed E-state index contributed by atoms with van der Waals surface area (Å²) in [7, 11) is 0. The number of carbonyl (C=O) groups excluding carboxylic acids is 2. The molecule has 5 heteroatoms. The Morgan fingerprint density at radius 2 is 2.20 bits per heavy atom. The van der Waals surface area contributed by atoms with Gasteiger partial charge >= 0.3 is 0 Å². The molecule has 0 aliphatic carbocycles. The molecule has 2 amide bonds. The molecule has 1 saturated heterocycles. The predicted octanol–water partition coefficient (Wildman–Crippen LogP) is 1.48. The van der Waals surface area contributed by atoms with Crippen molar-refractivity contribution in [1.29, 1.82) is 0 Å². The van der Waals surface area contributed by atoms with Gasteiger partial charge < -0.3 is 5.32 Å². The Labute approximate surface area is 116 Å². The number of pyridine rings is 1. The minimum Gasteiger partial charge on any atom is -0.345 e. The van der Waals surface area contributed by atoms with Crippen LogP contribution in [0.4, 0.5) is 5.69 Å². The molecule has 1 unspecified atom stereocenters. The fraction of sp³-hybridized carbons (Fsp3) is 0.267. The van der Waals surface area contributed by atoms with Gasteiger partial charge in [0.2, 0.25) is 11.8 Å². The van der Waals surface area contributed by atoms with E-state index in [1.165, 1.54) is 0 Å². The van der Waals surface area contributed by atoms with Gasteiger partial charge in [0.1, 0.15) is 6.04 Å². The number of hydrogen-bond acceptors (Lipinski definition) is 3. The minimum absolute atomic E-state index is 0.0476. The Morgan fingerprint density at radius 3 is 3.00 bits per heavy atom. The highest BCUT2D eigenvalue weighted by Crippen LogP contribution is 2.29. The first-order chi connectivity index (χ1) is 9.72. The Kier molecular flexibility index (Phi) is 3.10. The molecular weight excluding hydrogens is 254 g/mol. The number of hydrogen-bond donors (Lipinski definition) is 1. The number of amides is 2. The van der Waals surface area contributed by atoms with E-state index in [2.05, 4.69) is 10.3 Å².